The number of aryl methyl sites for hydroxylation is 2. The number of hydrogen-bond donors (Lipinski definition) is 1. The molecule has 0 radical (unpaired) electrons. The van der Waals surface area contributed by atoms with Gasteiger partial charge in [-0.05, 0) is 60.9 Å². The van der Waals surface area contributed by atoms with Crippen LogP contribution in [0, 0.1) is 20.8 Å². The van der Waals surface area contributed by atoms with E-state index in [0.717, 1.165) is 40.5 Å². The highest BCUT2D eigenvalue weighted by atomic mass is 79.9. The van der Waals surface area contributed by atoms with Crippen molar-refractivity contribution in [3.8, 4) is 5.82 Å². The van der Waals surface area contributed by atoms with E-state index in [4.69, 9.17) is 0 Å². The van der Waals surface area contributed by atoms with Crippen LogP contribution in [0.2, 0.25) is 0 Å². The van der Waals surface area contributed by atoms with Crippen LogP contribution >= 0.6 is 15.9 Å². The maximum absolute atomic E-state index is 4.58. The molecular weight excluding hydrogens is 304 g/mol. The summed E-state index contributed by atoms with van der Waals surface area (Å²) in [6.07, 6.45) is 0. The number of pyridine rings is 1. The highest BCUT2D eigenvalue weighted by Gasteiger charge is 2.12. The zero-order valence-corrected chi connectivity index (χ0v) is 13.4. The Morgan fingerprint density at radius 3 is 2.58 bits per heavy atom. The molecular formula is C14H19BrN4. The number of nitrogens with zero attached hydrogens (tertiary/aromatic N) is 3. The Kier molecular flexibility index (Phi) is 4.37. The molecule has 0 amide bonds. The number of aromatic nitrogens is 3. The molecule has 4 nitrogen and oxygen atoms in total. The van der Waals surface area contributed by atoms with E-state index in [9.17, 15) is 0 Å². The first-order valence-corrected chi connectivity index (χ1v) is 7.22. The van der Waals surface area contributed by atoms with E-state index < -0.39 is 0 Å². The van der Waals surface area contributed by atoms with Crippen molar-refractivity contribution in [1.82, 2.24) is 20.1 Å². The highest BCUT2D eigenvalue weighted by molar-refractivity contribution is 9.10. The van der Waals surface area contributed by atoms with Crippen molar-refractivity contribution in [2.45, 2.75) is 34.2 Å². The highest BCUT2D eigenvalue weighted by Crippen LogP contribution is 2.22. The van der Waals surface area contributed by atoms with Crippen molar-refractivity contribution in [3.63, 3.8) is 0 Å². The molecule has 0 aliphatic rings. The molecule has 2 aromatic heterocycles. The maximum Gasteiger partial charge on any atom is 0.154 e. The topological polar surface area (TPSA) is 42.7 Å². The molecule has 0 atom stereocenters. The fraction of sp³-hybridized carbons (Fsp3) is 0.429. The van der Waals surface area contributed by atoms with Crippen LogP contribution < -0.4 is 5.32 Å². The Morgan fingerprint density at radius 2 is 2.00 bits per heavy atom. The monoisotopic (exact) mass is 322 g/mol. The van der Waals surface area contributed by atoms with E-state index >= 15 is 0 Å². The molecule has 0 bridgehead atoms. The number of halogens is 1. The minimum Gasteiger partial charge on any atom is -0.313 e. The molecule has 19 heavy (non-hydrogen) atoms. The molecule has 0 saturated carbocycles. The van der Waals surface area contributed by atoms with E-state index in [2.05, 4.69) is 50.4 Å². The summed E-state index contributed by atoms with van der Waals surface area (Å²) in [5.74, 6) is 0.874. The predicted molar refractivity (Wildman–Crippen MR) is 80.7 cm³/mol. The van der Waals surface area contributed by atoms with Crippen molar-refractivity contribution in [2.75, 3.05) is 6.54 Å². The van der Waals surface area contributed by atoms with Gasteiger partial charge in [0.1, 0.15) is 0 Å². The van der Waals surface area contributed by atoms with Gasteiger partial charge in [0.2, 0.25) is 0 Å². The van der Waals surface area contributed by atoms with Gasteiger partial charge in [-0.2, -0.15) is 5.10 Å². The van der Waals surface area contributed by atoms with E-state index in [1.54, 1.807) is 0 Å². The number of hydrogen-bond acceptors (Lipinski definition) is 3. The first-order chi connectivity index (χ1) is 9.02. The van der Waals surface area contributed by atoms with Crippen LogP contribution in [0.4, 0.5) is 0 Å². The summed E-state index contributed by atoms with van der Waals surface area (Å²) in [5.41, 5.74) is 4.29. The zero-order valence-electron chi connectivity index (χ0n) is 11.8. The van der Waals surface area contributed by atoms with Crippen LogP contribution in [-0.4, -0.2) is 21.3 Å². The third-order valence-electron chi connectivity index (χ3n) is 3.00. The van der Waals surface area contributed by atoms with Crippen molar-refractivity contribution in [2.24, 2.45) is 0 Å². The van der Waals surface area contributed by atoms with Crippen molar-refractivity contribution < 1.29 is 0 Å². The molecule has 0 unspecified atom stereocenters. The smallest absolute Gasteiger partial charge is 0.154 e. The maximum atomic E-state index is 4.58. The molecule has 0 saturated heterocycles. The average molecular weight is 323 g/mol. The second kappa shape index (κ2) is 5.84. The van der Waals surface area contributed by atoms with Crippen LogP contribution in [-0.2, 0) is 6.54 Å². The van der Waals surface area contributed by atoms with Crippen molar-refractivity contribution >= 4 is 15.9 Å². The van der Waals surface area contributed by atoms with Crippen LogP contribution in [0.5, 0.6) is 0 Å². The zero-order chi connectivity index (χ0) is 14.0. The van der Waals surface area contributed by atoms with E-state index in [1.807, 2.05) is 25.5 Å². The lowest BCUT2D eigenvalue weighted by Crippen LogP contribution is -2.13. The van der Waals surface area contributed by atoms with Gasteiger partial charge in [0.25, 0.3) is 0 Å². The minimum absolute atomic E-state index is 0.854. The largest absolute Gasteiger partial charge is 0.313 e. The first-order valence-electron chi connectivity index (χ1n) is 6.43. The van der Waals surface area contributed by atoms with Gasteiger partial charge in [0.05, 0.1) is 15.9 Å². The van der Waals surface area contributed by atoms with Gasteiger partial charge in [-0.25, -0.2) is 9.67 Å². The second-order valence-electron chi connectivity index (χ2n) is 4.65. The number of rotatable bonds is 4. The van der Waals surface area contributed by atoms with Gasteiger partial charge < -0.3 is 5.32 Å². The molecule has 0 aliphatic heterocycles. The van der Waals surface area contributed by atoms with E-state index in [-0.39, 0.29) is 0 Å². The Hall–Kier alpha value is -1.20. The molecule has 0 aliphatic carbocycles. The van der Waals surface area contributed by atoms with Gasteiger partial charge in [-0.1, -0.05) is 6.92 Å². The van der Waals surface area contributed by atoms with E-state index in [0.29, 0.717) is 0 Å². The van der Waals surface area contributed by atoms with Gasteiger partial charge in [0.15, 0.2) is 5.82 Å². The summed E-state index contributed by atoms with van der Waals surface area (Å²) in [6.45, 7) is 9.96. The fourth-order valence-electron chi connectivity index (χ4n) is 2.05. The third kappa shape index (κ3) is 3.04. The van der Waals surface area contributed by atoms with Gasteiger partial charge >= 0.3 is 0 Å². The molecule has 1 N–H and O–H groups in total. The summed E-state index contributed by atoms with van der Waals surface area (Å²) < 4.78 is 2.94. The molecule has 0 fully saturated rings. The Bertz CT molecular complexity index is 589. The van der Waals surface area contributed by atoms with Gasteiger partial charge in [0, 0.05) is 12.2 Å². The second-order valence-corrected chi connectivity index (χ2v) is 5.44. The number of nitrogens with one attached hydrogen (secondary N) is 1. The third-order valence-corrected chi connectivity index (χ3v) is 4.15. The lowest BCUT2D eigenvalue weighted by atomic mass is 10.2. The Morgan fingerprint density at radius 1 is 1.26 bits per heavy atom. The Labute approximate surface area is 122 Å². The lowest BCUT2D eigenvalue weighted by molar-refractivity contribution is 0.720. The molecule has 2 aromatic rings. The summed E-state index contributed by atoms with van der Waals surface area (Å²) in [4.78, 5) is 4.58. The van der Waals surface area contributed by atoms with Crippen molar-refractivity contribution in [1.29, 1.82) is 0 Å². The fourth-order valence-corrected chi connectivity index (χ4v) is 2.29. The normalized spacial score (nSPS) is 11.0. The average Bonchev–Trinajstić information content (AvgIpc) is 2.63. The van der Waals surface area contributed by atoms with Crippen LogP contribution in [0.25, 0.3) is 5.82 Å². The van der Waals surface area contributed by atoms with Gasteiger partial charge in [-0.15, -0.1) is 0 Å². The SMILES string of the molecule is CCNCc1cc(C)nc(-n2nc(C)c(Br)c2C)c1. The molecule has 102 valence electrons. The first kappa shape index (κ1) is 14.2. The molecule has 2 heterocycles. The Balaban J connectivity index is 2.43. The molecule has 5 heteroatoms. The van der Waals surface area contributed by atoms with Crippen LogP contribution in [0.1, 0.15) is 29.6 Å². The standard InChI is InChI=1S/C14H19BrN4/c1-5-16-8-12-6-9(2)17-13(7-12)19-11(4)14(15)10(3)18-19/h6-7,16H,5,8H2,1-4H3. The van der Waals surface area contributed by atoms with Crippen LogP contribution in [0.3, 0.4) is 0 Å². The van der Waals surface area contributed by atoms with Gasteiger partial charge in [-0.3, -0.25) is 0 Å². The lowest BCUT2D eigenvalue weighted by Gasteiger charge is -2.08. The summed E-state index contributed by atoms with van der Waals surface area (Å²) in [7, 11) is 0. The summed E-state index contributed by atoms with van der Waals surface area (Å²) in [6, 6.07) is 4.19. The minimum atomic E-state index is 0.854. The van der Waals surface area contributed by atoms with Crippen molar-refractivity contribution in [3.05, 3.63) is 39.3 Å². The quantitative estimate of drug-likeness (QED) is 0.940. The van der Waals surface area contributed by atoms with E-state index in [1.165, 1.54) is 5.56 Å². The summed E-state index contributed by atoms with van der Waals surface area (Å²) >= 11 is 3.55. The van der Waals surface area contributed by atoms with Crippen LogP contribution in [0.15, 0.2) is 16.6 Å². The summed E-state index contributed by atoms with van der Waals surface area (Å²) in [5, 5.41) is 7.86. The molecule has 0 aromatic carbocycles. The molecule has 2 rings (SSSR count). The molecule has 0 spiro atoms. The predicted octanol–water partition coefficient (Wildman–Crippen LogP) is 3.06.